The lowest BCUT2D eigenvalue weighted by atomic mass is 9.90. The van der Waals surface area contributed by atoms with Gasteiger partial charge in [0.15, 0.2) is 0 Å². The Bertz CT molecular complexity index is 1080. The molecule has 0 heterocycles. The molecule has 4 aromatic rings. The molecule has 2 aliphatic carbocycles. The highest BCUT2D eigenvalue weighted by Crippen LogP contribution is 2.46. The molecule has 0 spiro atoms. The quantitative estimate of drug-likeness (QED) is 0.368. The van der Waals surface area contributed by atoms with Gasteiger partial charge < -0.3 is 0 Å². The minimum absolute atomic E-state index is 0.792. The molecule has 108 valence electrons. The van der Waals surface area contributed by atoms with Crippen LogP contribution in [0.5, 0.6) is 0 Å². The number of hydrogen-bond donors (Lipinski definition) is 0. The van der Waals surface area contributed by atoms with Crippen molar-refractivity contribution in [2.75, 3.05) is 0 Å². The maximum Gasteiger partial charge on any atom is -0.00264 e. The normalized spacial score (nSPS) is 22.7. The van der Waals surface area contributed by atoms with Gasteiger partial charge in [-0.2, -0.15) is 0 Å². The smallest absolute Gasteiger partial charge is 0.00264 e. The Morgan fingerprint density at radius 3 is 2.04 bits per heavy atom. The predicted octanol–water partition coefficient (Wildman–Crippen LogP) is 6.17. The molecular formula is C23H16. The van der Waals surface area contributed by atoms with Gasteiger partial charge in [-0.25, -0.2) is 0 Å². The van der Waals surface area contributed by atoms with Crippen LogP contribution in [0, 0.1) is 11.8 Å². The Labute approximate surface area is 135 Å². The van der Waals surface area contributed by atoms with Crippen LogP contribution in [0.3, 0.4) is 0 Å². The molecule has 2 unspecified atom stereocenters. The molecule has 0 nitrogen and oxygen atoms in total. The second-order valence-corrected chi connectivity index (χ2v) is 7.05. The van der Waals surface area contributed by atoms with Crippen LogP contribution in [-0.4, -0.2) is 0 Å². The molecule has 0 saturated heterocycles. The first-order valence-electron chi connectivity index (χ1n) is 8.45. The van der Waals surface area contributed by atoms with E-state index in [2.05, 4.69) is 72.8 Å². The van der Waals surface area contributed by atoms with Crippen molar-refractivity contribution in [1.82, 2.24) is 0 Å². The van der Waals surface area contributed by atoms with E-state index < -0.39 is 0 Å². The van der Waals surface area contributed by atoms with Gasteiger partial charge in [0.25, 0.3) is 0 Å². The third kappa shape index (κ3) is 1.61. The first-order chi connectivity index (χ1) is 11.4. The van der Waals surface area contributed by atoms with Crippen molar-refractivity contribution < 1.29 is 0 Å². The summed E-state index contributed by atoms with van der Waals surface area (Å²) in [5.74, 6) is 1.62. The van der Waals surface area contributed by atoms with Crippen LogP contribution < -0.4 is 0 Å². The summed E-state index contributed by atoms with van der Waals surface area (Å²) in [5, 5.41) is 8.21. The Balaban J connectivity index is 1.70. The molecule has 0 heteroatoms. The van der Waals surface area contributed by atoms with Gasteiger partial charge in [0.2, 0.25) is 0 Å². The fraction of sp³-hybridized carbons (Fsp3) is 0.130. The van der Waals surface area contributed by atoms with Crippen LogP contribution in [-0.2, 0) is 0 Å². The predicted molar refractivity (Wildman–Crippen MR) is 98.9 cm³/mol. The third-order valence-corrected chi connectivity index (χ3v) is 5.60. The standard InChI is InChI=1S/C23H16/c1-2-14-4-8-18-12-21(17-7-6-16-10-20(16)11-17)13-19-9-5-15(3-1)22(14)23(18)19/h1-9,11-13,16,20H,10H2. The molecule has 0 aromatic heterocycles. The van der Waals surface area contributed by atoms with Crippen molar-refractivity contribution in [3.05, 3.63) is 78.4 Å². The molecule has 1 saturated carbocycles. The van der Waals surface area contributed by atoms with E-state index in [1.807, 2.05) is 0 Å². The average Bonchev–Trinajstić information content (AvgIpc) is 3.38. The molecule has 2 aliphatic rings. The molecule has 0 N–H and O–H groups in total. The van der Waals surface area contributed by atoms with Crippen LogP contribution in [0.4, 0.5) is 0 Å². The second kappa shape index (κ2) is 4.02. The first kappa shape index (κ1) is 11.9. The van der Waals surface area contributed by atoms with Gasteiger partial charge in [0.05, 0.1) is 0 Å². The van der Waals surface area contributed by atoms with Crippen LogP contribution in [0.2, 0.25) is 0 Å². The number of hydrogen-bond acceptors (Lipinski definition) is 0. The number of rotatable bonds is 1. The molecule has 1 fully saturated rings. The fourth-order valence-corrected chi connectivity index (χ4v) is 4.27. The first-order valence-corrected chi connectivity index (χ1v) is 8.45. The molecule has 0 bridgehead atoms. The maximum absolute atomic E-state index is 2.47. The highest BCUT2D eigenvalue weighted by atomic mass is 14.4. The van der Waals surface area contributed by atoms with E-state index in [4.69, 9.17) is 0 Å². The summed E-state index contributed by atoms with van der Waals surface area (Å²) in [4.78, 5) is 0. The zero-order chi connectivity index (χ0) is 15.0. The zero-order valence-corrected chi connectivity index (χ0v) is 12.8. The second-order valence-electron chi connectivity index (χ2n) is 7.05. The summed E-state index contributed by atoms with van der Waals surface area (Å²) in [6, 6.07) is 20.4. The summed E-state index contributed by atoms with van der Waals surface area (Å²) in [6.07, 6.45) is 8.52. The molecule has 4 aromatic carbocycles. The van der Waals surface area contributed by atoms with Gasteiger partial charge in [-0.3, -0.25) is 0 Å². The summed E-state index contributed by atoms with van der Waals surface area (Å²) in [6.45, 7) is 0. The van der Waals surface area contributed by atoms with Gasteiger partial charge in [-0.15, -0.1) is 0 Å². The van der Waals surface area contributed by atoms with Crippen LogP contribution in [0.1, 0.15) is 12.0 Å². The Morgan fingerprint density at radius 2 is 1.35 bits per heavy atom. The Morgan fingerprint density at radius 1 is 0.696 bits per heavy atom. The van der Waals surface area contributed by atoms with Crippen molar-refractivity contribution in [1.29, 1.82) is 0 Å². The average molecular weight is 292 g/mol. The van der Waals surface area contributed by atoms with Gasteiger partial charge in [-0.1, -0.05) is 60.7 Å². The SMILES string of the molecule is C1=CC2CC2C=C1c1cc2ccc3cccc4ccc(c1)c2c34. The lowest BCUT2D eigenvalue weighted by Gasteiger charge is -2.14. The molecule has 0 radical (unpaired) electrons. The molecule has 23 heavy (non-hydrogen) atoms. The van der Waals surface area contributed by atoms with Gasteiger partial charge in [-0.05, 0) is 73.8 Å². The summed E-state index contributed by atoms with van der Waals surface area (Å²) in [5.41, 5.74) is 2.76. The van der Waals surface area contributed by atoms with E-state index >= 15 is 0 Å². The van der Waals surface area contributed by atoms with Crippen LogP contribution in [0.15, 0.2) is 72.8 Å². The van der Waals surface area contributed by atoms with E-state index in [1.165, 1.54) is 49.9 Å². The van der Waals surface area contributed by atoms with E-state index in [0.717, 1.165) is 11.8 Å². The topological polar surface area (TPSA) is 0 Å². The zero-order valence-electron chi connectivity index (χ0n) is 12.8. The molecule has 0 amide bonds. The monoisotopic (exact) mass is 292 g/mol. The summed E-state index contributed by atoms with van der Waals surface area (Å²) in [7, 11) is 0. The fourth-order valence-electron chi connectivity index (χ4n) is 4.27. The maximum atomic E-state index is 2.47. The molecule has 2 atom stereocenters. The third-order valence-electron chi connectivity index (χ3n) is 5.60. The lowest BCUT2D eigenvalue weighted by molar-refractivity contribution is 0.985. The highest BCUT2D eigenvalue weighted by Gasteiger charge is 2.35. The summed E-state index contributed by atoms with van der Waals surface area (Å²) < 4.78 is 0. The van der Waals surface area contributed by atoms with Crippen molar-refractivity contribution >= 4 is 37.9 Å². The minimum Gasteiger partial charge on any atom is -0.0802 e. The van der Waals surface area contributed by atoms with E-state index in [0.29, 0.717) is 0 Å². The highest BCUT2D eigenvalue weighted by molar-refractivity contribution is 6.23. The Hall–Kier alpha value is -2.60. The van der Waals surface area contributed by atoms with E-state index in [1.54, 1.807) is 0 Å². The van der Waals surface area contributed by atoms with Crippen molar-refractivity contribution in [2.45, 2.75) is 6.42 Å². The number of fused-ring (bicyclic) bond motifs is 1. The Kier molecular flexibility index (Phi) is 2.08. The summed E-state index contributed by atoms with van der Waals surface area (Å²) >= 11 is 0. The van der Waals surface area contributed by atoms with E-state index in [9.17, 15) is 0 Å². The molecule has 0 aliphatic heterocycles. The molecular weight excluding hydrogens is 276 g/mol. The van der Waals surface area contributed by atoms with Crippen LogP contribution >= 0.6 is 0 Å². The van der Waals surface area contributed by atoms with Crippen molar-refractivity contribution in [3.8, 4) is 0 Å². The van der Waals surface area contributed by atoms with Crippen molar-refractivity contribution in [2.24, 2.45) is 11.8 Å². The van der Waals surface area contributed by atoms with Crippen molar-refractivity contribution in [3.63, 3.8) is 0 Å². The van der Waals surface area contributed by atoms with Crippen LogP contribution in [0.25, 0.3) is 37.9 Å². The number of allylic oxidation sites excluding steroid dienone is 4. The number of benzene rings is 4. The minimum atomic E-state index is 0.792. The lowest BCUT2D eigenvalue weighted by Crippen LogP contribution is -1.90. The molecule has 6 rings (SSSR count). The largest absolute Gasteiger partial charge is 0.0802 e. The van der Waals surface area contributed by atoms with Gasteiger partial charge in [0, 0.05) is 0 Å². The van der Waals surface area contributed by atoms with Gasteiger partial charge in [0.1, 0.15) is 0 Å². The van der Waals surface area contributed by atoms with Gasteiger partial charge >= 0.3 is 0 Å². The van der Waals surface area contributed by atoms with E-state index in [-0.39, 0.29) is 0 Å².